The molecule has 0 saturated carbocycles. The Morgan fingerprint density at radius 1 is 1.00 bits per heavy atom. The molecule has 136 valence electrons. The zero-order valence-corrected chi connectivity index (χ0v) is 13.9. The van der Waals surface area contributed by atoms with Gasteiger partial charge in [0, 0.05) is 18.3 Å². The predicted octanol–water partition coefficient (Wildman–Crippen LogP) is 3.83. The second kappa shape index (κ2) is 8.33. The highest BCUT2D eigenvalue weighted by Crippen LogP contribution is 2.18. The Morgan fingerprint density at radius 3 is 2.19 bits per heavy atom. The minimum atomic E-state index is -4.93. The third-order valence-electron chi connectivity index (χ3n) is 3.44. The minimum absolute atomic E-state index is 0.0293. The van der Waals surface area contributed by atoms with Crippen molar-refractivity contribution < 1.29 is 22.8 Å². The molecule has 2 amide bonds. The number of rotatable bonds is 5. The summed E-state index contributed by atoms with van der Waals surface area (Å²) in [4.78, 5) is 22.6. The van der Waals surface area contributed by atoms with Crippen LogP contribution in [0.15, 0.2) is 54.6 Å². The number of benzene rings is 2. The average molecular weight is 362 g/mol. The Balaban J connectivity index is 1.84. The molecule has 0 radical (unpaired) electrons. The van der Waals surface area contributed by atoms with Gasteiger partial charge in [0.1, 0.15) is 0 Å². The van der Waals surface area contributed by atoms with Crippen molar-refractivity contribution in [2.75, 3.05) is 5.32 Å². The molecule has 2 aromatic carbocycles. The number of nitrogens with one attached hydrogen (secondary N) is 2. The fraction of sp³-hybridized carbons (Fsp3) is 0.158. The zero-order valence-electron chi connectivity index (χ0n) is 13.9. The van der Waals surface area contributed by atoms with Gasteiger partial charge in [0.25, 0.3) is 0 Å². The molecule has 2 aromatic rings. The van der Waals surface area contributed by atoms with Crippen molar-refractivity contribution in [3.63, 3.8) is 0 Å². The second-order valence-corrected chi connectivity index (χ2v) is 5.61. The molecule has 0 fully saturated rings. The molecule has 0 heterocycles. The molecule has 4 nitrogen and oxygen atoms in total. The summed E-state index contributed by atoms with van der Waals surface area (Å²) in [5.41, 5.74) is 2.74. The summed E-state index contributed by atoms with van der Waals surface area (Å²) >= 11 is 0. The molecule has 2 rings (SSSR count). The summed E-state index contributed by atoms with van der Waals surface area (Å²) in [5.74, 6) is -2.32. The van der Waals surface area contributed by atoms with Crippen LogP contribution < -0.4 is 10.6 Å². The van der Waals surface area contributed by atoms with Gasteiger partial charge < -0.3 is 10.6 Å². The average Bonchev–Trinajstić information content (AvgIpc) is 2.60. The lowest BCUT2D eigenvalue weighted by Gasteiger charge is -2.08. The van der Waals surface area contributed by atoms with Gasteiger partial charge in [-0.15, -0.1) is 0 Å². The van der Waals surface area contributed by atoms with Gasteiger partial charge in [-0.2, -0.15) is 13.2 Å². The Hall–Kier alpha value is -3.09. The van der Waals surface area contributed by atoms with Gasteiger partial charge in [-0.3, -0.25) is 9.59 Å². The van der Waals surface area contributed by atoms with Crippen molar-refractivity contribution >= 4 is 23.6 Å². The number of hydrogen-bond donors (Lipinski definition) is 2. The Labute approximate surface area is 148 Å². The predicted molar refractivity (Wildman–Crippen MR) is 93.2 cm³/mol. The molecule has 26 heavy (non-hydrogen) atoms. The van der Waals surface area contributed by atoms with Gasteiger partial charge in [-0.05, 0) is 36.3 Å². The van der Waals surface area contributed by atoms with Crippen LogP contribution in [-0.2, 0) is 16.1 Å². The number of amides is 2. The van der Waals surface area contributed by atoms with Crippen molar-refractivity contribution in [3.8, 4) is 0 Å². The first-order valence-electron chi connectivity index (χ1n) is 7.74. The number of carbonyl (C=O) groups is 2. The highest BCUT2D eigenvalue weighted by Gasteiger charge is 2.38. The molecule has 0 aliphatic carbocycles. The summed E-state index contributed by atoms with van der Waals surface area (Å²) in [6, 6.07) is 13.4. The molecule has 0 spiro atoms. The topological polar surface area (TPSA) is 58.2 Å². The van der Waals surface area contributed by atoms with Crippen molar-refractivity contribution in [2.24, 2.45) is 0 Å². The standard InChI is InChI=1S/C19H17F3N2O2/c1-13-2-4-14(5-3-13)8-11-17(25)23-12-15-6-9-16(10-7-15)24-18(26)19(20,21)22/h2-11H,12H2,1H3,(H,23,25)(H,24,26)/b11-8+. The quantitative estimate of drug-likeness (QED) is 0.795. The van der Waals surface area contributed by atoms with Gasteiger partial charge in [0.2, 0.25) is 5.91 Å². The molecule has 0 aliphatic rings. The summed E-state index contributed by atoms with van der Waals surface area (Å²) in [6.45, 7) is 2.19. The van der Waals surface area contributed by atoms with E-state index in [9.17, 15) is 22.8 Å². The van der Waals surface area contributed by atoms with E-state index in [1.54, 1.807) is 11.4 Å². The van der Waals surface area contributed by atoms with Crippen molar-refractivity contribution in [2.45, 2.75) is 19.6 Å². The van der Waals surface area contributed by atoms with Crippen LogP contribution in [0.2, 0.25) is 0 Å². The number of hydrogen-bond acceptors (Lipinski definition) is 2. The Kier molecular flexibility index (Phi) is 6.16. The van der Waals surface area contributed by atoms with Gasteiger partial charge in [-0.1, -0.05) is 42.0 Å². The lowest BCUT2D eigenvalue weighted by atomic mass is 10.1. The summed E-state index contributed by atoms with van der Waals surface area (Å²) < 4.78 is 36.5. The van der Waals surface area contributed by atoms with Gasteiger partial charge >= 0.3 is 12.1 Å². The largest absolute Gasteiger partial charge is 0.471 e. The van der Waals surface area contributed by atoms with Gasteiger partial charge in [0.05, 0.1) is 0 Å². The van der Waals surface area contributed by atoms with E-state index in [1.165, 1.54) is 30.3 Å². The van der Waals surface area contributed by atoms with E-state index in [0.717, 1.165) is 11.1 Å². The number of carbonyl (C=O) groups excluding carboxylic acids is 2. The van der Waals surface area contributed by atoms with Gasteiger partial charge in [0.15, 0.2) is 0 Å². The van der Waals surface area contributed by atoms with Crippen LogP contribution in [-0.4, -0.2) is 18.0 Å². The molecule has 7 heteroatoms. The maximum absolute atomic E-state index is 12.2. The maximum Gasteiger partial charge on any atom is 0.471 e. The molecule has 0 unspecified atom stereocenters. The molecule has 0 atom stereocenters. The van der Waals surface area contributed by atoms with Crippen molar-refractivity contribution in [1.82, 2.24) is 5.32 Å². The first-order valence-corrected chi connectivity index (χ1v) is 7.74. The van der Waals surface area contributed by atoms with E-state index in [1.807, 2.05) is 31.2 Å². The molecule has 0 saturated heterocycles. The summed E-state index contributed by atoms with van der Waals surface area (Å²) in [7, 11) is 0. The van der Waals surface area contributed by atoms with Crippen LogP contribution >= 0.6 is 0 Å². The molecule has 0 bridgehead atoms. The van der Waals surface area contributed by atoms with Crippen molar-refractivity contribution in [3.05, 3.63) is 71.3 Å². The van der Waals surface area contributed by atoms with E-state index >= 15 is 0 Å². The maximum atomic E-state index is 12.2. The fourth-order valence-corrected chi connectivity index (χ4v) is 2.01. The van der Waals surface area contributed by atoms with E-state index in [0.29, 0.717) is 5.56 Å². The first kappa shape index (κ1) is 19.2. The molecular weight excluding hydrogens is 345 g/mol. The highest BCUT2D eigenvalue weighted by atomic mass is 19.4. The van der Waals surface area contributed by atoms with Crippen molar-refractivity contribution in [1.29, 1.82) is 0 Å². The number of halogens is 3. The zero-order chi connectivity index (χ0) is 19.2. The third-order valence-corrected chi connectivity index (χ3v) is 3.44. The lowest BCUT2D eigenvalue weighted by Crippen LogP contribution is -2.29. The third kappa shape index (κ3) is 6.08. The van der Waals surface area contributed by atoms with Crippen LogP contribution in [0.5, 0.6) is 0 Å². The lowest BCUT2D eigenvalue weighted by molar-refractivity contribution is -0.167. The monoisotopic (exact) mass is 362 g/mol. The van der Waals surface area contributed by atoms with E-state index in [2.05, 4.69) is 5.32 Å². The van der Waals surface area contributed by atoms with Gasteiger partial charge in [-0.25, -0.2) is 0 Å². The second-order valence-electron chi connectivity index (χ2n) is 5.61. The normalized spacial score (nSPS) is 11.4. The van der Waals surface area contributed by atoms with Crippen LogP contribution in [0.4, 0.5) is 18.9 Å². The smallest absolute Gasteiger partial charge is 0.348 e. The number of aryl methyl sites for hydroxylation is 1. The van der Waals surface area contributed by atoms with E-state index in [-0.39, 0.29) is 18.1 Å². The Morgan fingerprint density at radius 2 is 1.62 bits per heavy atom. The van der Waals surface area contributed by atoms with E-state index in [4.69, 9.17) is 0 Å². The molecule has 0 aliphatic heterocycles. The first-order chi connectivity index (χ1) is 12.2. The molecular formula is C19H17F3N2O2. The fourth-order valence-electron chi connectivity index (χ4n) is 2.01. The van der Waals surface area contributed by atoms with Crippen LogP contribution in [0.3, 0.4) is 0 Å². The highest BCUT2D eigenvalue weighted by molar-refractivity contribution is 5.95. The SMILES string of the molecule is Cc1ccc(/C=C/C(=O)NCc2ccc(NC(=O)C(F)(F)F)cc2)cc1. The number of alkyl halides is 3. The summed E-state index contributed by atoms with van der Waals surface area (Å²) in [5, 5.41) is 4.43. The molecule has 0 aromatic heterocycles. The summed E-state index contributed by atoms with van der Waals surface area (Å²) in [6.07, 6.45) is -1.84. The van der Waals surface area contributed by atoms with Crippen LogP contribution in [0.25, 0.3) is 6.08 Å². The minimum Gasteiger partial charge on any atom is -0.348 e. The number of anilines is 1. The Bertz CT molecular complexity index is 795. The van der Waals surface area contributed by atoms with Crippen LogP contribution in [0.1, 0.15) is 16.7 Å². The van der Waals surface area contributed by atoms with Crippen LogP contribution in [0, 0.1) is 6.92 Å². The van der Waals surface area contributed by atoms with E-state index < -0.39 is 12.1 Å². The molecule has 2 N–H and O–H groups in total.